The fraction of sp³-hybridized carbons (Fsp3) is 0.0800. The molecule has 0 spiro atoms. The lowest BCUT2D eigenvalue weighted by molar-refractivity contribution is -0.117. The van der Waals surface area contributed by atoms with Crippen LogP contribution in [0.3, 0.4) is 0 Å². The molecular formula is C25H20ClN3O2. The molecule has 0 unspecified atom stereocenters. The van der Waals surface area contributed by atoms with Gasteiger partial charge in [-0.1, -0.05) is 77.4 Å². The van der Waals surface area contributed by atoms with E-state index in [1.165, 1.54) is 6.08 Å². The van der Waals surface area contributed by atoms with Crippen LogP contribution in [0.4, 0.5) is 0 Å². The van der Waals surface area contributed by atoms with Gasteiger partial charge in [0.2, 0.25) is 17.6 Å². The van der Waals surface area contributed by atoms with Crippen molar-refractivity contribution in [2.75, 3.05) is 0 Å². The Labute approximate surface area is 185 Å². The average molecular weight is 430 g/mol. The van der Waals surface area contributed by atoms with Crippen molar-refractivity contribution in [2.45, 2.75) is 12.5 Å². The Morgan fingerprint density at radius 2 is 1.65 bits per heavy atom. The van der Waals surface area contributed by atoms with Crippen LogP contribution in [-0.4, -0.2) is 16.0 Å². The minimum atomic E-state index is -0.469. The monoisotopic (exact) mass is 429 g/mol. The number of nitrogens with one attached hydrogen (secondary N) is 1. The maximum atomic E-state index is 12.6. The zero-order valence-electron chi connectivity index (χ0n) is 16.6. The Balaban J connectivity index is 1.55. The van der Waals surface area contributed by atoms with E-state index in [2.05, 4.69) is 15.5 Å². The molecule has 1 atom stereocenters. The van der Waals surface area contributed by atoms with Crippen LogP contribution in [0.15, 0.2) is 95.5 Å². The molecule has 5 nitrogen and oxygen atoms in total. The number of carbonyl (C=O) groups excluding carboxylic acids is 1. The second kappa shape index (κ2) is 9.87. The molecule has 31 heavy (non-hydrogen) atoms. The Kier molecular flexibility index (Phi) is 6.55. The van der Waals surface area contributed by atoms with E-state index in [0.717, 1.165) is 16.7 Å². The van der Waals surface area contributed by atoms with Crippen molar-refractivity contribution in [3.8, 4) is 11.4 Å². The number of halogens is 1. The van der Waals surface area contributed by atoms with Gasteiger partial charge in [0.25, 0.3) is 0 Å². The molecule has 154 valence electrons. The number of nitrogens with zero attached hydrogens (tertiary/aromatic N) is 2. The number of hydrogen-bond acceptors (Lipinski definition) is 4. The Morgan fingerprint density at radius 3 is 2.35 bits per heavy atom. The third kappa shape index (κ3) is 5.68. The SMILES string of the molecule is O=C(/C=C/c1ccccc1)N[C@H](Cc1ccccc1)c1nc(-c2ccc(Cl)cc2)no1. The molecule has 3 aromatic carbocycles. The molecule has 0 saturated heterocycles. The minimum absolute atomic E-state index is 0.240. The van der Waals surface area contributed by atoms with Crippen LogP contribution in [-0.2, 0) is 11.2 Å². The summed E-state index contributed by atoms with van der Waals surface area (Å²) in [5.74, 6) is 0.546. The molecule has 0 radical (unpaired) electrons. The van der Waals surface area contributed by atoms with Crippen LogP contribution in [0.25, 0.3) is 17.5 Å². The van der Waals surface area contributed by atoms with Gasteiger partial charge in [-0.15, -0.1) is 0 Å². The third-order valence-corrected chi connectivity index (χ3v) is 4.92. The molecule has 6 heteroatoms. The lowest BCUT2D eigenvalue weighted by Gasteiger charge is -2.14. The van der Waals surface area contributed by atoms with E-state index in [-0.39, 0.29) is 5.91 Å². The molecule has 0 fully saturated rings. The summed E-state index contributed by atoms with van der Waals surface area (Å²) in [7, 11) is 0. The quantitative estimate of drug-likeness (QED) is 0.394. The van der Waals surface area contributed by atoms with E-state index >= 15 is 0 Å². The topological polar surface area (TPSA) is 68.0 Å². The maximum Gasteiger partial charge on any atom is 0.249 e. The molecule has 4 aromatic rings. The lowest BCUT2D eigenvalue weighted by atomic mass is 10.1. The van der Waals surface area contributed by atoms with Crippen molar-refractivity contribution in [2.24, 2.45) is 0 Å². The molecule has 1 N–H and O–H groups in total. The molecular weight excluding hydrogens is 410 g/mol. The standard InChI is InChI=1S/C25H20ClN3O2/c26-21-14-12-20(13-15-21)24-28-25(31-29-24)22(17-19-9-5-2-6-10-19)27-23(30)16-11-18-7-3-1-4-8-18/h1-16,22H,17H2,(H,27,30)/b16-11+/t22-/m1/s1. The second-order valence-electron chi connectivity index (χ2n) is 6.96. The van der Waals surface area contributed by atoms with Crippen molar-refractivity contribution in [1.82, 2.24) is 15.5 Å². The summed E-state index contributed by atoms with van der Waals surface area (Å²) in [5.41, 5.74) is 2.78. The van der Waals surface area contributed by atoms with Gasteiger partial charge >= 0.3 is 0 Å². The fourth-order valence-corrected chi connectivity index (χ4v) is 3.22. The van der Waals surface area contributed by atoms with E-state index < -0.39 is 6.04 Å². The number of carbonyl (C=O) groups is 1. The summed E-state index contributed by atoms with van der Waals surface area (Å²) in [6.45, 7) is 0. The number of aromatic nitrogens is 2. The van der Waals surface area contributed by atoms with Crippen molar-refractivity contribution >= 4 is 23.6 Å². The Bertz CT molecular complexity index is 1160. The number of benzene rings is 3. The summed E-state index contributed by atoms with van der Waals surface area (Å²) >= 11 is 5.96. The predicted octanol–water partition coefficient (Wildman–Crippen LogP) is 5.50. The normalized spacial score (nSPS) is 12.0. The highest BCUT2D eigenvalue weighted by Gasteiger charge is 2.21. The first-order chi connectivity index (χ1) is 15.2. The fourth-order valence-electron chi connectivity index (χ4n) is 3.10. The van der Waals surface area contributed by atoms with Gasteiger partial charge in [0.15, 0.2) is 0 Å². The first-order valence-corrected chi connectivity index (χ1v) is 10.2. The predicted molar refractivity (Wildman–Crippen MR) is 121 cm³/mol. The second-order valence-corrected chi connectivity index (χ2v) is 7.39. The highest BCUT2D eigenvalue weighted by Crippen LogP contribution is 2.23. The molecule has 1 aromatic heterocycles. The summed E-state index contributed by atoms with van der Waals surface area (Å²) in [6, 6.07) is 26.2. The lowest BCUT2D eigenvalue weighted by Crippen LogP contribution is -2.28. The summed E-state index contributed by atoms with van der Waals surface area (Å²) < 4.78 is 5.51. The van der Waals surface area contributed by atoms with Gasteiger partial charge in [-0.2, -0.15) is 4.98 Å². The molecule has 0 aliphatic heterocycles. The first-order valence-electron chi connectivity index (χ1n) is 9.84. The van der Waals surface area contributed by atoms with E-state index in [1.807, 2.05) is 72.8 Å². The minimum Gasteiger partial charge on any atom is -0.340 e. The van der Waals surface area contributed by atoms with Crippen LogP contribution in [0.2, 0.25) is 5.02 Å². The van der Waals surface area contributed by atoms with Gasteiger partial charge in [0.1, 0.15) is 6.04 Å². The largest absolute Gasteiger partial charge is 0.340 e. The molecule has 0 bridgehead atoms. The Morgan fingerprint density at radius 1 is 0.968 bits per heavy atom. The van der Waals surface area contributed by atoms with E-state index in [0.29, 0.717) is 23.2 Å². The van der Waals surface area contributed by atoms with E-state index in [9.17, 15) is 4.79 Å². The first kappa shape index (κ1) is 20.6. The summed E-state index contributed by atoms with van der Waals surface area (Å²) in [6.07, 6.45) is 3.79. The zero-order valence-corrected chi connectivity index (χ0v) is 17.4. The molecule has 1 amide bonds. The van der Waals surface area contributed by atoms with Crippen LogP contribution in [0.1, 0.15) is 23.1 Å². The molecule has 4 rings (SSSR count). The Hall–Kier alpha value is -3.70. The van der Waals surface area contributed by atoms with Gasteiger partial charge in [-0.3, -0.25) is 4.79 Å². The van der Waals surface area contributed by atoms with Crippen LogP contribution >= 0.6 is 11.6 Å². The van der Waals surface area contributed by atoms with Crippen molar-refractivity contribution in [3.63, 3.8) is 0 Å². The summed E-state index contributed by atoms with van der Waals surface area (Å²) in [4.78, 5) is 17.1. The number of rotatable bonds is 7. The van der Waals surface area contributed by atoms with Crippen LogP contribution < -0.4 is 5.32 Å². The molecule has 0 saturated carbocycles. The molecule has 0 aliphatic rings. The summed E-state index contributed by atoms with van der Waals surface area (Å²) in [5, 5.41) is 7.70. The van der Waals surface area contributed by atoms with Crippen molar-refractivity contribution in [3.05, 3.63) is 113 Å². The van der Waals surface area contributed by atoms with Crippen LogP contribution in [0.5, 0.6) is 0 Å². The highest BCUT2D eigenvalue weighted by molar-refractivity contribution is 6.30. The van der Waals surface area contributed by atoms with Crippen molar-refractivity contribution < 1.29 is 9.32 Å². The zero-order chi connectivity index (χ0) is 21.5. The van der Waals surface area contributed by atoms with E-state index in [4.69, 9.17) is 16.1 Å². The average Bonchev–Trinajstić information content (AvgIpc) is 3.29. The van der Waals surface area contributed by atoms with E-state index in [1.54, 1.807) is 18.2 Å². The maximum absolute atomic E-state index is 12.6. The van der Waals surface area contributed by atoms with Crippen LogP contribution in [0, 0.1) is 0 Å². The molecule has 0 aliphatic carbocycles. The molecule has 1 heterocycles. The van der Waals surface area contributed by atoms with Crippen molar-refractivity contribution in [1.29, 1.82) is 0 Å². The third-order valence-electron chi connectivity index (χ3n) is 4.67. The van der Waals surface area contributed by atoms with Gasteiger partial charge in [0, 0.05) is 23.1 Å². The highest BCUT2D eigenvalue weighted by atomic mass is 35.5. The van der Waals surface area contributed by atoms with Gasteiger partial charge in [-0.05, 0) is 41.5 Å². The van der Waals surface area contributed by atoms with Gasteiger partial charge in [-0.25, -0.2) is 0 Å². The van der Waals surface area contributed by atoms with Gasteiger partial charge < -0.3 is 9.84 Å². The number of hydrogen-bond donors (Lipinski definition) is 1. The number of amides is 1. The van der Waals surface area contributed by atoms with Gasteiger partial charge in [0.05, 0.1) is 0 Å². The smallest absolute Gasteiger partial charge is 0.249 e.